The number of anilines is 2. The third kappa shape index (κ3) is 6.75. The molecule has 0 radical (unpaired) electrons. The zero-order valence-corrected chi connectivity index (χ0v) is 31.9. The van der Waals surface area contributed by atoms with Crippen LogP contribution >= 0.6 is 0 Å². The number of H-pyrrole nitrogens is 2. The molecule has 3 aromatic heterocycles. The Balaban J connectivity index is 1.44. The lowest BCUT2D eigenvalue weighted by atomic mass is 10.0. The van der Waals surface area contributed by atoms with E-state index in [9.17, 15) is 25.9 Å². The van der Waals surface area contributed by atoms with Crippen LogP contribution in [0.3, 0.4) is 0 Å². The fraction of sp³-hybridized carbons (Fsp3) is 0. The van der Waals surface area contributed by atoms with Crippen molar-refractivity contribution in [3.63, 3.8) is 0 Å². The van der Waals surface area contributed by atoms with Crippen LogP contribution in [-0.4, -0.2) is 45.9 Å². The van der Waals surface area contributed by atoms with Crippen molar-refractivity contribution < 1.29 is 25.9 Å². The first-order valence-electron chi connectivity index (χ1n) is 17.8. The van der Waals surface area contributed by atoms with E-state index in [1.807, 2.05) is 97.1 Å². The van der Waals surface area contributed by atoms with Gasteiger partial charge in [-0.3, -0.25) is 9.11 Å². The van der Waals surface area contributed by atoms with E-state index in [0.717, 1.165) is 33.3 Å². The second-order valence-electron chi connectivity index (χ2n) is 13.7. The highest BCUT2D eigenvalue weighted by molar-refractivity contribution is 7.86. The Hall–Kier alpha value is -7.10. The number of nitrogens with two attached hydrogens (primary N) is 2. The lowest BCUT2D eigenvalue weighted by Crippen LogP contribution is -1.97. The summed E-state index contributed by atoms with van der Waals surface area (Å²) in [6, 6.07) is 34.5. The summed E-state index contributed by atoms with van der Waals surface area (Å²) >= 11 is 0. The van der Waals surface area contributed by atoms with Crippen molar-refractivity contribution in [2.45, 2.75) is 9.79 Å². The Morgan fingerprint density at radius 1 is 0.379 bits per heavy atom. The molecule has 286 valence electrons. The number of fused-ring (bicyclic) bond motifs is 8. The normalized spacial score (nSPS) is 12.6. The monoisotopic (exact) mass is 804 g/mol. The number of nitrogens with zero attached hydrogens (tertiary/aromatic N) is 2. The number of hydrogen-bond acceptors (Lipinski definition) is 8. The van der Waals surface area contributed by atoms with Crippen molar-refractivity contribution in [2.75, 3.05) is 11.5 Å². The fourth-order valence-corrected chi connectivity index (χ4v) is 8.27. The van der Waals surface area contributed by atoms with E-state index in [0.29, 0.717) is 67.4 Å². The molecule has 0 fully saturated rings. The van der Waals surface area contributed by atoms with Crippen LogP contribution in [-0.2, 0) is 20.2 Å². The third-order valence-corrected chi connectivity index (χ3v) is 11.8. The van der Waals surface area contributed by atoms with Gasteiger partial charge in [0.05, 0.1) is 32.6 Å². The average molecular weight is 805 g/mol. The maximum absolute atomic E-state index is 12.0. The summed E-state index contributed by atoms with van der Waals surface area (Å²) in [5, 5.41) is 0. The summed E-state index contributed by atoms with van der Waals surface area (Å²) in [7, 11) is -8.92. The summed E-state index contributed by atoms with van der Waals surface area (Å²) in [5.74, 6) is 0. The van der Waals surface area contributed by atoms with Crippen LogP contribution in [0.15, 0.2) is 131 Å². The molecule has 8 N–H and O–H groups in total. The van der Waals surface area contributed by atoms with Crippen LogP contribution in [0, 0.1) is 0 Å². The van der Waals surface area contributed by atoms with Crippen LogP contribution in [0.1, 0.15) is 22.8 Å². The molecule has 4 aromatic carbocycles. The van der Waals surface area contributed by atoms with Gasteiger partial charge in [-0.2, -0.15) is 16.8 Å². The SMILES string of the molecule is Nc1ccc(-c2c3nc(c(-c4ccc(S(=O)(=O)O)cc4)c4ccc([nH]4)c(-c4ccc(S(=O)(=O)O)cc4)c4nc(c(-c5ccc(N)cc5)c5ccc2[nH]5)C=C4)C=C3)cc1. The van der Waals surface area contributed by atoms with E-state index in [1.54, 1.807) is 24.3 Å². The second-order valence-corrected chi connectivity index (χ2v) is 16.6. The van der Waals surface area contributed by atoms with Gasteiger partial charge in [-0.1, -0.05) is 48.5 Å². The maximum Gasteiger partial charge on any atom is 0.294 e. The number of aromatic amines is 2. The molecule has 14 heteroatoms. The Morgan fingerprint density at radius 2 is 0.621 bits per heavy atom. The van der Waals surface area contributed by atoms with Gasteiger partial charge in [-0.15, -0.1) is 0 Å². The van der Waals surface area contributed by atoms with Gasteiger partial charge in [-0.05, 0) is 119 Å². The Morgan fingerprint density at radius 3 is 0.862 bits per heavy atom. The molecule has 0 atom stereocenters. The van der Waals surface area contributed by atoms with Gasteiger partial charge in [0.15, 0.2) is 0 Å². The van der Waals surface area contributed by atoms with Crippen molar-refractivity contribution in [1.29, 1.82) is 0 Å². The first-order chi connectivity index (χ1) is 27.8. The minimum absolute atomic E-state index is 0.257. The van der Waals surface area contributed by atoms with Gasteiger partial charge < -0.3 is 21.4 Å². The van der Waals surface area contributed by atoms with Gasteiger partial charge in [0.1, 0.15) is 0 Å². The number of nitrogen functional groups attached to an aromatic ring is 2. The molecular weight excluding hydrogens is 773 g/mol. The number of aromatic nitrogens is 4. The first kappa shape index (κ1) is 36.5. The number of benzene rings is 4. The molecule has 12 nitrogen and oxygen atoms in total. The summed E-state index contributed by atoms with van der Waals surface area (Å²) in [6.45, 7) is 0. The molecule has 7 aromatic rings. The number of rotatable bonds is 6. The molecule has 2 aliphatic heterocycles. The second kappa shape index (κ2) is 13.8. The summed E-state index contributed by atoms with van der Waals surface area (Å²) in [6.07, 6.45) is 7.60. The van der Waals surface area contributed by atoms with Crippen LogP contribution < -0.4 is 11.5 Å². The van der Waals surface area contributed by atoms with Gasteiger partial charge in [0.2, 0.25) is 0 Å². The van der Waals surface area contributed by atoms with Crippen molar-refractivity contribution in [2.24, 2.45) is 0 Å². The highest BCUT2D eigenvalue weighted by Crippen LogP contribution is 2.39. The average Bonchev–Trinajstić information content (AvgIpc) is 4.04. The van der Waals surface area contributed by atoms with Gasteiger partial charge in [0, 0.05) is 55.7 Å². The quantitative estimate of drug-likeness (QED) is 0.0692. The molecule has 0 amide bonds. The standard InChI is InChI=1S/C44H32N6O6S2/c45-29-9-1-25(2-10-29)41-33-17-18-34(47-33)42(26-3-11-30(46)12-4-26)36-20-22-38(49-36)44(28-7-15-32(16-8-28)58(54,55)56)40-24-23-39(50-40)43(37-21-19-35(41)48-37)27-5-13-31(14-6-27)57(51,52)53/h1-24,47,50H,45-46H2,(H,51,52,53)(H,54,55,56). The molecule has 0 saturated heterocycles. The van der Waals surface area contributed by atoms with Crippen LogP contribution in [0.25, 0.3) is 90.9 Å². The van der Waals surface area contributed by atoms with Crippen LogP contribution in [0.5, 0.6) is 0 Å². The lowest BCUT2D eigenvalue weighted by Gasteiger charge is -2.08. The zero-order chi connectivity index (χ0) is 40.3. The highest BCUT2D eigenvalue weighted by Gasteiger charge is 2.20. The van der Waals surface area contributed by atoms with Gasteiger partial charge in [-0.25, -0.2) is 9.97 Å². The smallest absolute Gasteiger partial charge is 0.294 e. The number of hydrogen-bond donors (Lipinski definition) is 6. The number of nitrogens with one attached hydrogen (secondary N) is 2. The minimum Gasteiger partial charge on any atom is -0.399 e. The molecular formula is C44H32N6O6S2. The Kier molecular flexibility index (Phi) is 8.71. The third-order valence-electron chi connectivity index (χ3n) is 10.0. The van der Waals surface area contributed by atoms with Crippen molar-refractivity contribution in [3.05, 3.63) is 144 Å². The van der Waals surface area contributed by atoms with Crippen LogP contribution in [0.2, 0.25) is 0 Å². The van der Waals surface area contributed by atoms with E-state index < -0.39 is 20.2 Å². The van der Waals surface area contributed by atoms with Gasteiger partial charge >= 0.3 is 0 Å². The predicted molar refractivity (Wildman–Crippen MR) is 229 cm³/mol. The molecule has 0 spiro atoms. The lowest BCUT2D eigenvalue weighted by molar-refractivity contribution is 0.481. The summed E-state index contributed by atoms with van der Waals surface area (Å²) in [4.78, 5) is 17.1. The topological polar surface area (TPSA) is 218 Å². The summed E-state index contributed by atoms with van der Waals surface area (Å²) < 4.78 is 67.5. The molecule has 2 aliphatic rings. The van der Waals surface area contributed by atoms with E-state index in [-0.39, 0.29) is 9.79 Å². The minimum atomic E-state index is -4.46. The maximum atomic E-state index is 12.0. The zero-order valence-electron chi connectivity index (χ0n) is 30.2. The first-order valence-corrected chi connectivity index (χ1v) is 20.7. The molecule has 5 heterocycles. The van der Waals surface area contributed by atoms with Crippen molar-refractivity contribution in [1.82, 2.24) is 19.9 Å². The molecule has 9 rings (SSSR count). The largest absolute Gasteiger partial charge is 0.399 e. The van der Waals surface area contributed by atoms with E-state index >= 15 is 0 Å². The van der Waals surface area contributed by atoms with Crippen LogP contribution in [0.4, 0.5) is 11.4 Å². The van der Waals surface area contributed by atoms with Crippen molar-refractivity contribution in [3.8, 4) is 44.5 Å². The Bertz CT molecular complexity index is 3050. The molecule has 58 heavy (non-hydrogen) atoms. The predicted octanol–water partition coefficient (Wildman–Crippen LogP) is 8.98. The van der Waals surface area contributed by atoms with E-state index in [1.165, 1.54) is 24.3 Å². The summed E-state index contributed by atoms with van der Waals surface area (Å²) in [5.41, 5.74) is 24.4. The molecule has 8 bridgehead atoms. The molecule has 0 unspecified atom stereocenters. The van der Waals surface area contributed by atoms with E-state index in [4.69, 9.17) is 21.4 Å². The molecule has 0 saturated carbocycles. The Labute approximate surface area is 332 Å². The highest BCUT2D eigenvalue weighted by atomic mass is 32.2. The molecule has 0 aliphatic carbocycles. The van der Waals surface area contributed by atoms with E-state index in [2.05, 4.69) is 9.97 Å². The van der Waals surface area contributed by atoms with Gasteiger partial charge in [0.25, 0.3) is 20.2 Å². The fourth-order valence-electron chi connectivity index (χ4n) is 7.31. The van der Waals surface area contributed by atoms with Crippen molar-refractivity contribution >= 4 is 78.0 Å².